The quantitative estimate of drug-likeness (QED) is 0.750. The van der Waals surface area contributed by atoms with Crippen molar-refractivity contribution in [2.75, 3.05) is 0 Å². The second-order valence-electron chi connectivity index (χ2n) is 3.84. The van der Waals surface area contributed by atoms with Crippen LogP contribution >= 0.6 is 11.6 Å². The van der Waals surface area contributed by atoms with E-state index in [1.165, 1.54) is 5.56 Å². The molecule has 17 heavy (non-hydrogen) atoms. The van der Waals surface area contributed by atoms with Crippen LogP contribution in [0.2, 0.25) is 5.15 Å². The summed E-state index contributed by atoms with van der Waals surface area (Å²) in [6.07, 6.45) is 2.60. The van der Waals surface area contributed by atoms with Crippen LogP contribution in [0.1, 0.15) is 18.1 Å². The van der Waals surface area contributed by atoms with Crippen molar-refractivity contribution in [1.82, 2.24) is 4.98 Å². The Balaban J connectivity index is 2.31. The predicted molar refractivity (Wildman–Crippen MR) is 69.9 cm³/mol. The van der Waals surface area contributed by atoms with Crippen LogP contribution in [0.25, 0.3) is 0 Å². The number of para-hydroxylation sites is 1. The third kappa shape index (κ3) is 2.77. The monoisotopic (exact) mass is 247 g/mol. The number of pyridine rings is 1. The van der Waals surface area contributed by atoms with Gasteiger partial charge < -0.3 is 4.74 Å². The Labute approximate surface area is 106 Å². The van der Waals surface area contributed by atoms with E-state index in [1.807, 2.05) is 25.1 Å². The van der Waals surface area contributed by atoms with Crippen LogP contribution in [0.3, 0.4) is 0 Å². The minimum atomic E-state index is 0.485. The first-order valence-corrected chi connectivity index (χ1v) is 5.96. The lowest BCUT2D eigenvalue weighted by atomic mass is 10.1. The highest BCUT2D eigenvalue weighted by molar-refractivity contribution is 6.29. The molecule has 1 aromatic carbocycles. The lowest BCUT2D eigenvalue weighted by molar-refractivity contribution is 0.471. The van der Waals surface area contributed by atoms with Crippen LogP contribution in [0.5, 0.6) is 11.5 Å². The lowest BCUT2D eigenvalue weighted by Crippen LogP contribution is -1.93. The first kappa shape index (κ1) is 11.9. The van der Waals surface area contributed by atoms with Gasteiger partial charge in [-0.3, -0.25) is 0 Å². The SMILES string of the molecule is CCc1ccccc1Oc1cnc(Cl)cc1C. The van der Waals surface area contributed by atoms with E-state index >= 15 is 0 Å². The zero-order valence-electron chi connectivity index (χ0n) is 9.90. The average molecular weight is 248 g/mol. The first-order valence-electron chi connectivity index (χ1n) is 5.58. The molecular formula is C14H14ClNO. The van der Waals surface area contributed by atoms with Gasteiger partial charge in [0.2, 0.25) is 0 Å². The van der Waals surface area contributed by atoms with Gasteiger partial charge in [0, 0.05) is 0 Å². The number of benzene rings is 1. The van der Waals surface area contributed by atoms with Crippen molar-refractivity contribution in [1.29, 1.82) is 0 Å². The number of halogens is 1. The number of nitrogens with zero attached hydrogens (tertiary/aromatic N) is 1. The molecule has 0 spiro atoms. The lowest BCUT2D eigenvalue weighted by Gasteiger charge is -2.11. The van der Waals surface area contributed by atoms with Gasteiger partial charge in [-0.2, -0.15) is 0 Å². The highest BCUT2D eigenvalue weighted by Gasteiger charge is 2.06. The first-order chi connectivity index (χ1) is 8.20. The van der Waals surface area contributed by atoms with E-state index in [-0.39, 0.29) is 0 Å². The van der Waals surface area contributed by atoms with E-state index in [4.69, 9.17) is 16.3 Å². The molecule has 0 aliphatic carbocycles. The largest absolute Gasteiger partial charge is 0.455 e. The molecule has 88 valence electrons. The van der Waals surface area contributed by atoms with Gasteiger partial charge in [-0.15, -0.1) is 0 Å². The zero-order valence-corrected chi connectivity index (χ0v) is 10.7. The number of aryl methyl sites for hydroxylation is 2. The summed E-state index contributed by atoms with van der Waals surface area (Å²) in [6.45, 7) is 4.06. The second-order valence-corrected chi connectivity index (χ2v) is 4.22. The van der Waals surface area contributed by atoms with Gasteiger partial charge in [0.1, 0.15) is 16.7 Å². The Bertz CT molecular complexity index is 525. The van der Waals surface area contributed by atoms with Gasteiger partial charge >= 0.3 is 0 Å². The van der Waals surface area contributed by atoms with Crippen LogP contribution in [0.15, 0.2) is 36.5 Å². The summed E-state index contributed by atoms with van der Waals surface area (Å²) in [5.74, 6) is 1.62. The topological polar surface area (TPSA) is 22.1 Å². The number of aromatic nitrogens is 1. The Morgan fingerprint density at radius 2 is 2.00 bits per heavy atom. The molecule has 0 fully saturated rings. The van der Waals surface area contributed by atoms with E-state index in [9.17, 15) is 0 Å². The zero-order chi connectivity index (χ0) is 12.3. The van der Waals surface area contributed by atoms with E-state index in [0.29, 0.717) is 5.15 Å². The summed E-state index contributed by atoms with van der Waals surface area (Å²) >= 11 is 5.81. The van der Waals surface area contributed by atoms with Crippen molar-refractivity contribution in [3.05, 3.63) is 52.8 Å². The van der Waals surface area contributed by atoms with Gasteiger partial charge in [-0.1, -0.05) is 36.7 Å². The molecule has 1 aromatic heterocycles. The fraction of sp³-hybridized carbons (Fsp3) is 0.214. The summed E-state index contributed by atoms with van der Waals surface area (Å²) in [4.78, 5) is 4.03. The third-order valence-corrected chi connectivity index (χ3v) is 2.81. The molecule has 1 heterocycles. The molecule has 0 saturated heterocycles. The molecule has 0 radical (unpaired) electrons. The van der Waals surface area contributed by atoms with Gasteiger partial charge in [0.05, 0.1) is 6.20 Å². The molecule has 0 saturated carbocycles. The highest BCUT2D eigenvalue weighted by atomic mass is 35.5. The molecule has 0 unspecified atom stereocenters. The van der Waals surface area contributed by atoms with Crippen LogP contribution in [-0.4, -0.2) is 4.98 Å². The third-order valence-electron chi connectivity index (χ3n) is 2.60. The molecule has 2 aromatic rings. The molecule has 0 aliphatic rings. The minimum Gasteiger partial charge on any atom is -0.455 e. The van der Waals surface area contributed by atoms with Crippen molar-refractivity contribution >= 4 is 11.6 Å². The fourth-order valence-corrected chi connectivity index (χ4v) is 1.84. The molecule has 0 N–H and O–H groups in total. The van der Waals surface area contributed by atoms with Gasteiger partial charge in [-0.05, 0) is 36.6 Å². The normalized spacial score (nSPS) is 10.3. The summed E-state index contributed by atoms with van der Waals surface area (Å²) in [6, 6.07) is 9.80. The molecule has 0 aliphatic heterocycles. The van der Waals surface area contributed by atoms with Gasteiger partial charge in [0.25, 0.3) is 0 Å². The minimum absolute atomic E-state index is 0.485. The summed E-state index contributed by atoms with van der Waals surface area (Å²) < 4.78 is 5.87. The van der Waals surface area contributed by atoms with Gasteiger partial charge in [0.15, 0.2) is 0 Å². The standard InChI is InChI=1S/C14H14ClNO/c1-3-11-6-4-5-7-12(11)17-13-9-16-14(15)8-10(13)2/h4-9H,3H2,1-2H3. The fourth-order valence-electron chi connectivity index (χ4n) is 1.63. The van der Waals surface area contributed by atoms with E-state index in [2.05, 4.69) is 18.0 Å². The number of hydrogen-bond donors (Lipinski definition) is 0. The maximum atomic E-state index is 5.87. The van der Waals surface area contributed by atoms with Crippen LogP contribution in [-0.2, 0) is 6.42 Å². The maximum absolute atomic E-state index is 5.87. The molecule has 0 atom stereocenters. The van der Waals surface area contributed by atoms with E-state index in [1.54, 1.807) is 12.3 Å². The summed E-state index contributed by atoms with van der Waals surface area (Å²) in [5, 5.41) is 0.485. The Hall–Kier alpha value is -1.54. The van der Waals surface area contributed by atoms with Crippen LogP contribution in [0.4, 0.5) is 0 Å². The van der Waals surface area contributed by atoms with Crippen molar-refractivity contribution in [3.63, 3.8) is 0 Å². The van der Waals surface area contributed by atoms with E-state index < -0.39 is 0 Å². The summed E-state index contributed by atoms with van der Waals surface area (Å²) in [5.41, 5.74) is 2.16. The Morgan fingerprint density at radius 3 is 2.71 bits per heavy atom. The average Bonchev–Trinajstić information content (AvgIpc) is 2.33. The highest BCUT2D eigenvalue weighted by Crippen LogP contribution is 2.28. The Morgan fingerprint density at radius 1 is 1.24 bits per heavy atom. The second kappa shape index (κ2) is 5.19. The van der Waals surface area contributed by atoms with Crippen molar-refractivity contribution in [3.8, 4) is 11.5 Å². The van der Waals surface area contributed by atoms with Crippen LogP contribution in [0, 0.1) is 6.92 Å². The molecule has 3 heteroatoms. The molecular weight excluding hydrogens is 234 g/mol. The van der Waals surface area contributed by atoms with Gasteiger partial charge in [-0.25, -0.2) is 4.98 Å². The predicted octanol–water partition coefficient (Wildman–Crippen LogP) is 4.40. The molecule has 2 nitrogen and oxygen atoms in total. The summed E-state index contributed by atoms with van der Waals surface area (Å²) in [7, 11) is 0. The van der Waals surface area contributed by atoms with E-state index in [0.717, 1.165) is 23.5 Å². The number of rotatable bonds is 3. The van der Waals surface area contributed by atoms with Crippen molar-refractivity contribution in [2.45, 2.75) is 20.3 Å². The maximum Gasteiger partial charge on any atom is 0.148 e. The molecule has 2 rings (SSSR count). The Kier molecular flexibility index (Phi) is 3.64. The number of ether oxygens (including phenoxy) is 1. The number of hydrogen-bond acceptors (Lipinski definition) is 2. The smallest absolute Gasteiger partial charge is 0.148 e. The van der Waals surface area contributed by atoms with Crippen molar-refractivity contribution < 1.29 is 4.74 Å². The molecule has 0 amide bonds. The molecule has 0 bridgehead atoms. The van der Waals surface area contributed by atoms with Crippen LogP contribution < -0.4 is 4.74 Å². The van der Waals surface area contributed by atoms with Crippen molar-refractivity contribution in [2.24, 2.45) is 0 Å².